The Bertz CT molecular complexity index is 621. The Morgan fingerprint density at radius 3 is 2.75 bits per heavy atom. The molecule has 1 fully saturated rings. The minimum Gasteiger partial charge on any atom is -0.454 e. The highest BCUT2D eigenvalue weighted by Gasteiger charge is 2.19. The Kier molecular flexibility index (Phi) is 10.1. The van der Waals surface area contributed by atoms with Crippen LogP contribution in [0.2, 0.25) is 0 Å². The Labute approximate surface area is 185 Å². The number of nitrogens with zero attached hydrogens (tertiary/aromatic N) is 2. The molecule has 28 heavy (non-hydrogen) atoms. The van der Waals surface area contributed by atoms with E-state index in [9.17, 15) is 0 Å². The van der Waals surface area contributed by atoms with Gasteiger partial charge in [-0.25, -0.2) is 4.99 Å². The number of halogens is 1. The molecule has 7 nitrogen and oxygen atoms in total. The molecule has 2 N–H and O–H groups in total. The fourth-order valence-electron chi connectivity index (χ4n) is 3.43. The minimum atomic E-state index is 0. The van der Waals surface area contributed by atoms with Gasteiger partial charge in [-0.05, 0) is 56.5 Å². The lowest BCUT2D eigenvalue weighted by Gasteiger charge is -2.32. The van der Waals surface area contributed by atoms with E-state index >= 15 is 0 Å². The molecule has 0 aromatic heterocycles. The number of guanidine groups is 1. The van der Waals surface area contributed by atoms with E-state index in [1.807, 2.05) is 18.2 Å². The number of likely N-dealkylation sites (tertiary alicyclic amines) is 1. The summed E-state index contributed by atoms with van der Waals surface area (Å²) in [5.74, 6) is 3.18. The van der Waals surface area contributed by atoms with Gasteiger partial charge < -0.3 is 29.7 Å². The third kappa shape index (κ3) is 6.97. The maximum atomic E-state index is 5.44. The van der Waals surface area contributed by atoms with Crippen molar-refractivity contribution in [2.75, 3.05) is 53.2 Å². The average Bonchev–Trinajstić information content (AvgIpc) is 3.17. The highest BCUT2D eigenvalue weighted by molar-refractivity contribution is 14.0. The lowest BCUT2D eigenvalue weighted by Crippen LogP contribution is -2.43. The molecule has 1 aromatic carbocycles. The van der Waals surface area contributed by atoms with E-state index in [2.05, 4.69) is 22.5 Å². The summed E-state index contributed by atoms with van der Waals surface area (Å²) in [6.45, 7) is 8.98. The predicted octanol–water partition coefficient (Wildman–Crippen LogP) is 2.45. The summed E-state index contributed by atoms with van der Waals surface area (Å²) >= 11 is 0. The van der Waals surface area contributed by atoms with Crippen molar-refractivity contribution in [1.29, 1.82) is 0 Å². The normalized spacial score (nSPS) is 17.3. The van der Waals surface area contributed by atoms with E-state index in [-0.39, 0.29) is 24.0 Å². The summed E-state index contributed by atoms with van der Waals surface area (Å²) in [4.78, 5) is 7.21. The molecule has 0 bridgehead atoms. The number of rotatable bonds is 8. The molecule has 3 rings (SSSR count). The average molecular weight is 504 g/mol. The van der Waals surface area contributed by atoms with Gasteiger partial charge in [0.2, 0.25) is 6.79 Å². The van der Waals surface area contributed by atoms with Crippen LogP contribution in [0.5, 0.6) is 11.5 Å². The van der Waals surface area contributed by atoms with Crippen LogP contribution in [0.4, 0.5) is 0 Å². The number of ether oxygens (including phenoxy) is 3. The maximum absolute atomic E-state index is 5.44. The molecule has 0 radical (unpaired) electrons. The molecule has 1 aromatic rings. The van der Waals surface area contributed by atoms with Gasteiger partial charge in [0.05, 0.1) is 13.2 Å². The van der Waals surface area contributed by atoms with E-state index in [1.54, 1.807) is 7.11 Å². The van der Waals surface area contributed by atoms with Crippen LogP contribution in [-0.4, -0.2) is 64.1 Å². The molecule has 2 aliphatic heterocycles. The summed E-state index contributed by atoms with van der Waals surface area (Å²) in [6.07, 6.45) is 2.44. The zero-order chi connectivity index (χ0) is 18.9. The molecule has 1 saturated heterocycles. The molecule has 158 valence electrons. The van der Waals surface area contributed by atoms with Gasteiger partial charge in [0, 0.05) is 26.7 Å². The lowest BCUT2D eigenvalue weighted by molar-refractivity contribution is 0.121. The molecule has 2 heterocycles. The van der Waals surface area contributed by atoms with Crippen LogP contribution < -0.4 is 20.1 Å². The number of hydrogen-bond donors (Lipinski definition) is 2. The quantitative estimate of drug-likeness (QED) is 0.322. The van der Waals surface area contributed by atoms with E-state index in [0.717, 1.165) is 62.4 Å². The summed E-state index contributed by atoms with van der Waals surface area (Å²) in [5.41, 5.74) is 1.11. The lowest BCUT2D eigenvalue weighted by atomic mass is 9.97. The summed E-state index contributed by atoms with van der Waals surface area (Å²) in [5, 5.41) is 6.85. The fraction of sp³-hybridized carbons (Fsp3) is 0.650. The smallest absolute Gasteiger partial charge is 0.231 e. The van der Waals surface area contributed by atoms with Gasteiger partial charge in [-0.3, -0.25) is 0 Å². The van der Waals surface area contributed by atoms with Crippen molar-refractivity contribution >= 4 is 29.9 Å². The van der Waals surface area contributed by atoms with E-state index in [4.69, 9.17) is 19.2 Å². The first-order chi connectivity index (χ1) is 13.3. The number of methoxy groups -OCH3 is 1. The summed E-state index contributed by atoms with van der Waals surface area (Å²) < 4.78 is 16.0. The molecule has 0 amide bonds. The molecule has 0 atom stereocenters. The third-order valence-electron chi connectivity index (χ3n) is 5.08. The van der Waals surface area contributed by atoms with E-state index in [0.29, 0.717) is 19.3 Å². The summed E-state index contributed by atoms with van der Waals surface area (Å²) in [6, 6.07) is 5.99. The van der Waals surface area contributed by atoms with Crippen LogP contribution in [0.1, 0.15) is 25.3 Å². The second kappa shape index (κ2) is 12.3. The van der Waals surface area contributed by atoms with Crippen molar-refractivity contribution in [1.82, 2.24) is 15.5 Å². The zero-order valence-electron chi connectivity index (χ0n) is 16.9. The predicted molar refractivity (Wildman–Crippen MR) is 122 cm³/mol. The van der Waals surface area contributed by atoms with Gasteiger partial charge in [-0.2, -0.15) is 0 Å². The van der Waals surface area contributed by atoms with Crippen molar-refractivity contribution in [2.24, 2.45) is 10.9 Å². The summed E-state index contributed by atoms with van der Waals surface area (Å²) in [7, 11) is 1.77. The molecular weight excluding hydrogens is 471 g/mol. The van der Waals surface area contributed by atoms with Gasteiger partial charge in [0.25, 0.3) is 0 Å². The Morgan fingerprint density at radius 1 is 1.21 bits per heavy atom. The van der Waals surface area contributed by atoms with Crippen LogP contribution >= 0.6 is 24.0 Å². The van der Waals surface area contributed by atoms with E-state index < -0.39 is 0 Å². The number of aliphatic imine (C=N–C) groups is 1. The minimum absolute atomic E-state index is 0. The molecular formula is C20H33IN4O3. The highest BCUT2D eigenvalue weighted by Crippen LogP contribution is 2.32. The van der Waals surface area contributed by atoms with Gasteiger partial charge in [0.1, 0.15) is 0 Å². The first kappa shape index (κ1) is 23.0. The van der Waals surface area contributed by atoms with E-state index in [1.165, 1.54) is 12.8 Å². The van der Waals surface area contributed by atoms with Gasteiger partial charge in [-0.1, -0.05) is 6.07 Å². The van der Waals surface area contributed by atoms with Crippen molar-refractivity contribution in [3.05, 3.63) is 23.8 Å². The van der Waals surface area contributed by atoms with Gasteiger partial charge in [-0.15, -0.1) is 24.0 Å². The van der Waals surface area contributed by atoms with Crippen LogP contribution in [0.15, 0.2) is 23.2 Å². The molecule has 2 aliphatic rings. The van der Waals surface area contributed by atoms with Crippen molar-refractivity contribution < 1.29 is 14.2 Å². The topological polar surface area (TPSA) is 67.4 Å². The van der Waals surface area contributed by atoms with Crippen LogP contribution in [-0.2, 0) is 11.3 Å². The first-order valence-electron chi connectivity index (χ1n) is 9.90. The van der Waals surface area contributed by atoms with Crippen LogP contribution in [0.3, 0.4) is 0 Å². The van der Waals surface area contributed by atoms with Gasteiger partial charge >= 0.3 is 0 Å². The number of fused-ring (bicyclic) bond motifs is 1. The largest absolute Gasteiger partial charge is 0.454 e. The van der Waals surface area contributed by atoms with Crippen LogP contribution in [0, 0.1) is 5.92 Å². The Morgan fingerprint density at radius 2 is 2.00 bits per heavy atom. The van der Waals surface area contributed by atoms with Crippen molar-refractivity contribution in [2.45, 2.75) is 26.3 Å². The molecule has 0 aliphatic carbocycles. The first-order valence-corrected chi connectivity index (χ1v) is 9.90. The van der Waals surface area contributed by atoms with Crippen LogP contribution in [0.25, 0.3) is 0 Å². The maximum Gasteiger partial charge on any atom is 0.231 e. The molecule has 0 unspecified atom stereocenters. The number of hydrogen-bond acceptors (Lipinski definition) is 5. The molecule has 0 saturated carbocycles. The van der Waals surface area contributed by atoms with Gasteiger partial charge in [0.15, 0.2) is 17.5 Å². The molecule has 8 heteroatoms. The SMILES string of the molecule is CCNC(=NCc1ccc2c(c1)OCO2)NCC1CCN(CCOC)CC1.I. The highest BCUT2D eigenvalue weighted by atomic mass is 127. The third-order valence-corrected chi connectivity index (χ3v) is 5.08. The number of nitrogens with one attached hydrogen (secondary N) is 2. The standard InChI is InChI=1S/C20H32N4O3.HI/c1-3-21-20(22-13-16-6-8-24(9-7-16)10-11-25-2)23-14-17-4-5-18-19(12-17)27-15-26-18;/h4-5,12,16H,3,6-11,13-15H2,1-2H3,(H2,21,22,23);1H. The zero-order valence-corrected chi connectivity index (χ0v) is 19.2. The number of piperidine rings is 1. The second-order valence-corrected chi connectivity index (χ2v) is 7.04. The second-order valence-electron chi connectivity index (χ2n) is 7.04. The Balaban J connectivity index is 0.00000280. The number of benzene rings is 1. The monoisotopic (exact) mass is 504 g/mol. The fourth-order valence-corrected chi connectivity index (χ4v) is 3.43. The molecule has 0 spiro atoms. The van der Waals surface area contributed by atoms with Crippen molar-refractivity contribution in [3.63, 3.8) is 0 Å². The van der Waals surface area contributed by atoms with Crippen molar-refractivity contribution in [3.8, 4) is 11.5 Å². The Hall–Kier alpha value is -1.26.